The number of nitrogens with zero attached hydrogens (tertiary/aromatic N) is 3. The maximum atomic E-state index is 14.8. The molecule has 6 aromatic rings. The number of hydrogen-bond donors (Lipinski definition) is 0. The van der Waals surface area contributed by atoms with Crippen LogP contribution in [0, 0.1) is 17.6 Å². The van der Waals surface area contributed by atoms with Crippen molar-refractivity contribution in [3.63, 3.8) is 0 Å². The van der Waals surface area contributed by atoms with Crippen LogP contribution in [0.4, 0.5) is 26.3 Å². The van der Waals surface area contributed by atoms with Gasteiger partial charge < -0.3 is 0 Å². The molecule has 0 aliphatic carbocycles. The standard InChI is InChI=1S/C35H21F6N3O2S/c1-19-16-23(34(45)43-46)9-13-26(19)21-4-2-5-22(17-21)32-30(31-28(35(39,40)41)6-3-15-42-31)27-18-24(36)10-14-29(27)44(32)47-25-11-7-20(8-12-25)33(37)38/h2-18,33H,1H3. The average Bonchev–Trinajstić information content (AvgIpc) is 3.36. The number of fused-ring (bicyclic) bond motifs is 1. The lowest BCUT2D eigenvalue weighted by Crippen LogP contribution is -2.08. The first kappa shape index (κ1) is 31.7. The van der Waals surface area contributed by atoms with Crippen molar-refractivity contribution in [2.45, 2.75) is 24.4 Å². The highest BCUT2D eigenvalue weighted by Gasteiger charge is 2.36. The van der Waals surface area contributed by atoms with E-state index in [1.165, 1.54) is 60.8 Å². The van der Waals surface area contributed by atoms with E-state index in [1.54, 1.807) is 41.2 Å². The Kier molecular flexibility index (Phi) is 8.45. The maximum absolute atomic E-state index is 14.8. The summed E-state index contributed by atoms with van der Waals surface area (Å²) in [6.45, 7) is 1.73. The summed E-state index contributed by atoms with van der Waals surface area (Å²) in [5, 5.41) is 2.62. The van der Waals surface area contributed by atoms with Crippen molar-refractivity contribution in [1.29, 1.82) is 0 Å². The number of carbonyl (C=O) groups excluding carboxylic acids is 1. The van der Waals surface area contributed by atoms with Crippen LogP contribution in [0.25, 0.3) is 44.5 Å². The molecule has 6 rings (SSSR count). The van der Waals surface area contributed by atoms with E-state index in [0.717, 1.165) is 24.1 Å². The summed E-state index contributed by atoms with van der Waals surface area (Å²) in [7, 11) is 0. The number of pyridine rings is 1. The van der Waals surface area contributed by atoms with Gasteiger partial charge in [0.05, 0.1) is 22.5 Å². The molecule has 0 radical (unpaired) electrons. The Bertz CT molecular complexity index is 2160. The Morgan fingerprint density at radius 2 is 1.64 bits per heavy atom. The molecule has 0 fully saturated rings. The molecule has 5 nitrogen and oxygen atoms in total. The number of amides is 1. The molecule has 0 aliphatic rings. The normalized spacial score (nSPS) is 11.7. The van der Waals surface area contributed by atoms with Crippen LogP contribution in [-0.2, 0) is 6.18 Å². The number of aromatic nitrogens is 2. The minimum atomic E-state index is -4.80. The highest BCUT2D eigenvalue weighted by Crippen LogP contribution is 2.48. The summed E-state index contributed by atoms with van der Waals surface area (Å²) in [5.74, 6) is -1.61. The molecular formula is C35H21F6N3O2S. The summed E-state index contributed by atoms with van der Waals surface area (Å²) < 4.78 is 86.3. The summed E-state index contributed by atoms with van der Waals surface area (Å²) in [5.41, 5.74) is 1.51. The van der Waals surface area contributed by atoms with Crippen molar-refractivity contribution in [3.8, 4) is 33.6 Å². The van der Waals surface area contributed by atoms with Gasteiger partial charge in [-0.3, -0.25) is 13.8 Å². The third-order valence-electron chi connectivity index (χ3n) is 7.57. The molecule has 2 heterocycles. The molecule has 0 N–H and O–H groups in total. The van der Waals surface area contributed by atoms with Gasteiger partial charge in [-0.2, -0.15) is 13.2 Å². The second kappa shape index (κ2) is 12.5. The molecule has 1 amide bonds. The fraction of sp³-hybridized carbons (Fsp3) is 0.0857. The summed E-state index contributed by atoms with van der Waals surface area (Å²) in [6.07, 6.45) is -6.26. The largest absolute Gasteiger partial charge is 0.418 e. The molecule has 0 saturated heterocycles. The Morgan fingerprint density at radius 3 is 2.32 bits per heavy atom. The van der Waals surface area contributed by atoms with E-state index < -0.39 is 35.6 Å². The zero-order chi connectivity index (χ0) is 33.5. The van der Waals surface area contributed by atoms with Gasteiger partial charge in [-0.05, 0) is 96.2 Å². The number of nitroso groups, excluding NO2 is 1. The van der Waals surface area contributed by atoms with Gasteiger partial charge in [0, 0.05) is 43.9 Å². The molecular weight excluding hydrogens is 640 g/mol. The fourth-order valence-electron chi connectivity index (χ4n) is 5.45. The monoisotopic (exact) mass is 661 g/mol. The van der Waals surface area contributed by atoms with Crippen LogP contribution in [-0.4, -0.2) is 14.9 Å². The van der Waals surface area contributed by atoms with Gasteiger partial charge >= 0.3 is 12.1 Å². The summed E-state index contributed by atoms with van der Waals surface area (Å²) >= 11 is 1.07. The van der Waals surface area contributed by atoms with E-state index in [2.05, 4.69) is 10.2 Å². The number of carbonyl (C=O) groups is 1. The van der Waals surface area contributed by atoms with Crippen molar-refractivity contribution in [1.82, 2.24) is 8.96 Å². The van der Waals surface area contributed by atoms with Crippen LogP contribution in [0.1, 0.15) is 33.5 Å². The van der Waals surface area contributed by atoms with Crippen molar-refractivity contribution in [2.75, 3.05) is 0 Å². The Morgan fingerprint density at radius 1 is 0.894 bits per heavy atom. The van der Waals surface area contributed by atoms with Gasteiger partial charge in [-0.25, -0.2) is 13.2 Å². The van der Waals surface area contributed by atoms with E-state index in [-0.39, 0.29) is 27.8 Å². The number of aryl methyl sites for hydroxylation is 1. The predicted octanol–water partition coefficient (Wildman–Crippen LogP) is 10.9. The lowest BCUT2D eigenvalue weighted by molar-refractivity contribution is -0.137. The van der Waals surface area contributed by atoms with Gasteiger partial charge in [-0.1, -0.05) is 36.4 Å². The van der Waals surface area contributed by atoms with Crippen molar-refractivity contribution in [2.24, 2.45) is 5.18 Å². The average molecular weight is 662 g/mol. The van der Waals surface area contributed by atoms with Crippen LogP contribution in [0.2, 0.25) is 0 Å². The van der Waals surface area contributed by atoms with Gasteiger partial charge in [0.25, 0.3) is 6.43 Å². The minimum Gasteiger partial charge on any atom is -0.278 e. The first-order valence-corrected chi connectivity index (χ1v) is 14.8. The van der Waals surface area contributed by atoms with E-state index >= 15 is 0 Å². The van der Waals surface area contributed by atoms with E-state index in [1.807, 2.05) is 0 Å². The zero-order valence-corrected chi connectivity index (χ0v) is 25.0. The minimum absolute atomic E-state index is 0.0241. The van der Waals surface area contributed by atoms with Crippen LogP contribution >= 0.6 is 11.9 Å². The molecule has 0 atom stereocenters. The van der Waals surface area contributed by atoms with Crippen molar-refractivity contribution >= 4 is 28.8 Å². The quantitative estimate of drug-likeness (QED) is 0.126. The first-order chi connectivity index (χ1) is 22.5. The zero-order valence-electron chi connectivity index (χ0n) is 24.2. The lowest BCUT2D eigenvalue weighted by atomic mass is 9.94. The smallest absolute Gasteiger partial charge is 0.278 e. The van der Waals surface area contributed by atoms with Crippen LogP contribution in [0.5, 0.6) is 0 Å². The van der Waals surface area contributed by atoms with Crippen LogP contribution in [0.3, 0.4) is 0 Å². The molecule has 2 aromatic heterocycles. The van der Waals surface area contributed by atoms with Gasteiger partial charge in [0.1, 0.15) is 5.82 Å². The number of alkyl halides is 5. The predicted molar refractivity (Wildman–Crippen MR) is 169 cm³/mol. The van der Waals surface area contributed by atoms with E-state index in [9.17, 15) is 36.0 Å². The number of benzene rings is 4. The second-order valence-corrected chi connectivity index (χ2v) is 11.6. The second-order valence-electron chi connectivity index (χ2n) is 10.5. The Labute approximate surface area is 268 Å². The Hall–Kier alpha value is -5.23. The number of rotatable bonds is 7. The van der Waals surface area contributed by atoms with Crippen LogP contribution < -0.4 is 0 Å². The van der Waals surface area contributed by atoms with Gasteiger partial charge in [-0.15, -0.1) is 4.91 Å². The highest BCUT2D eigenvalue weighted by atomic mass is 32.2. The molecule has 0 bridgehead atoms. The van der Waals surface area contributed by atoms with E-state index in [4.69, 9.17) is 0 Å². The molecule has 236 valence electrons. The topological polar surface area (TPSA) is 64.3 Å². The fourth-order valence-corrected chi connectivity index (χ4v) is 6.47. The lowest BCUT2D eigenvalue weighted by Gasteiger charge is -2.16. The molecule has 0 saturated carbocycles. The maximum Gasteiger partial charge on any atom is 0.418 e. The molecule has 4 aromatic carbocycles. The highest BCUT2D eigenvalue weighted by molar-refractivity contribution is 7.98. The third-order valence-corrected chi connectivity index (χ3v) is 8.61. The molecule has 47 heavy (non-hydrogen) atoms. The summed E-state index contributed by atoms with van der Waals surface area (Å²) in [6, 6.07) is 22.8. The number of halogens is 6. The van der Waals surface area contributed by atoms with Crippen LogP contribution in [0.15, 0.2) is 113 Å². The molecule has 12 heteroatoms. The number of hydrogen-bond acceptors (Lipinski definition) is 4. The van der Waals surface area contributed by atoms with E-state index in [0.29, 0.717) is 32.7 Å². The first-order valence-electron chi connectivity index (χ1n) is 14.0. The van der Waals surface area contributed by atoms with Crippen molar-refractivity contribution < 1.29 is 31.1 Å². The molecule has 0 aliphatic heterocycles. The summed E-state index contributed by atoms with van der Waals surface area (Å²) in [4.78, 5) is 27.3. The van der Waals surface area contributed by atoms with Gasteiger partial charge in [0.15, 0.2) is 0 Å². The Balaban J connectivity index is 1.64. The SMILES string of the molecule is Cc1cc(C(=O)N=O)ccc1-c1cccc(-c2c(-c3ncccc3C(F)(F)F)c3cc(F)ccc3n2Sc2ccc(C(F)F)cc2)c1. The molecule has 0 spiro atoms. The van der Waals surface area contributed by atoms with Crippen molar-refractivity contribution in [3.05, 3.63) is 136 Å². The van der Waals surface area contributed by atoms with Gasteiger partial charge in [0.2, 0.25) is 0 Å². The third kappa shape index (κ3) is 6.16. The molecule has 0 unspecified atom stereocenters.